The van der Waals surface area contributed by atoms with Crippen molar-refractivity contribution in [2.24, 2.45) is 0 Å². The number of benzene rings is 3. The van der Waals surface area contributed by atoms with Gasteiger partial charge in [-0.05, 0) is 59.9 Å². The third-order valence-corrected chi connectivity index (χ3v) is 12.3. The molecule has 3 aromatic carbocycles. The van der Waals surface area contributed by atoms with Gasteiger partial charge in [0.15, 0.2) is 0 Å². The van der Waals surface area contributed by atoms with Gasteiger partial charge in [0.05, 0.1) is 13.2 Å². The Balaban J connectivity index is 1.23. The summed E-state index contributed by atoms with van der Waals surface area (Å²) < 4.78 is 12.3. The fourth-order valence-electron chi connectivity index (χ4n) is 8.21. The van der Waals surface area contributed by atoms with Crippen LogP contribution in [-0.2, 0) is 0 Å². The van der Waals surface area contributed by atoms with Gasteiger partial charge in [0.25, 0.3) is 0 Å². The lowest BCUT2D eigenvalue weighted by atomic mass is 9.94. The van der Waals surface area contributed by atoms with E-state index in [0.717, 1.165) is 53.6 Å². The van der Waals surface area contributed by atoms with Crippen LogP contribution < -0.4 is 9.47 Å². The largest absolute Gasteiger partial charge is 0.494 e. The van der Waals surface area contributed by atoms with Gasteiger partial charge in [-0.2, -0.15) is 0 Å². The van der Waals surface area contributed by atoms with E-state index in [4.69, 9.17) is 22.1 Å². The van der Waals surface area contributed by atoms with Gasteiger partial charge in [-0.3, -0.25) is 0 Å². The maximum Gasteiger partial charge on any atom is 0.119 e. The van der Waals surface area contributed by atoms with E-state index in [0.29, 0.717) is 0 Å². The highest BCUT2D eigenvalue weighted by Gasteiger charge is 2.12. The van der Waals surface area contributed by atoms with Crippen LogP contribution in [-0.4, -0.2) is 13.2 Å². The molecular weight excluding hydrogens is 713 g/mol. The molecule has 0 aliphatic carbocycles. The highest BCUT2D eigenvalue weighted by molar-refractivity contribution is 7.80. The van der Waals surface area contributed by atoms with Crippen LogP contribution in [0.4, 0.5) is 0 Å². The van der Waals surface area contributed by atoms with Crippen molar-refractivity contribution in [1.82, 2.24) is 0 Å². The molecule has 320 valence electrons. The normalized spacial score (nSPS) is 11.4. The second-order valence-electron chi connectivity index (χ2n) is 17.1. The van der Waals surface area contributed by atoms with Gasteiger partial charge in [-0.25, -0.2) is 0 Å². The van der Waals surface area contributed by atoms with Gasteiger partial charge in [0.1, 0.15) is 11.5 Å². The van der Waals surface area contributed by atoms with Crippen LogP contribution in [0.25, 0.3) is 22.3 Å². The molecule has 0 heterocycles. The van der Waals surface area contributed by atoms with Crippen molar-refractivity contribution < 1.29 is 9.47 Å². The summed E-state index contributed by atoms with van der Waals surface area (Å²) in [5, 5.41) is 0. The molecule has 0 amide bonds. The SMILES string of the molecule is CCCCCCCCCCCCCCCCCCOc1ccc(-c2cccc(S)c2-c2ccc(OCCCCCCCCCCCCCCCCCC)cc2)cc1. The number of thiol groups is 1. The molecule has 2 nitrogen and oxygen atoms in total. The van der Waals surface area contributed by atoms with Crippen LogP contribution in [0.5, 0.6) is 11.5 Å². The predicted octanol–water partition coefficient (Wildman–Crippen LogP) is 18.6. The summed E-state index contributed by atoms with van der Waals surface area (Å²) in [6, 6.07) is 23.6. The Kier molecular flexibility index (Phi) is 29.6. The summed E-state index contributed by atoms with van der Waals surface area (Å²) in [7, 11) is 0. The van der Waals surface area contributed by atoms with Gasteiger partial charge in [0.2, 0.25) is 0 Å². The molecule has 0 saturated heterocycles. The number of unbranched alkanes of at least 4 members (excludes halogenated alkanes) is 30. The molecule has 0 unspecified atom stereocenters. The molecule has 3 rings (SSSR count). The van der Waals surface area contributed by atoms with Crippen molar-refractivity contribution in [2.75, 3.05) is 13.2 Å². The van der Waals surface area contributed by atoms with Gasteiger partial charge in [0, 0.05) is 10.5 Å². The molecule has 0 saturated carbocycles. The number of hydrogen-bond acceptors (Lipinski definition) is 3. The monoisotopic (exact) mass is 799 g/mol. The molecule has 0 spiro atoms. The Morgan fingerprint density at radius 3 is 0.965 bits per heavy atom. The smallest absolute Gasteiger partial charge is 0.119 e. The lowest BCUT2D eigenvalue weighted by Gasteiger charge is -2.14. The Labute approximate surface area is 358 Å². The van der Waals surface area contributed by atoms with E-state index in [1.54, 1.807) is 0 Å². The van der Waals surface area contributed by atoms with E-state index in [9.17, 15) is 0 Å². The van der Waals surface area contributed by atoms with Crippen LogP contribution in [0.3, 0.4) is 0 Å². The van der Waals surface area contributed by atoms with E-state index in [1.165, 1.54) is 204 Å². The molecule has 0 aliphatic rings. The third-order valence-electron chi connectivity index (χ3n) is 11.9. The van der Waals surface area contributed by atoms with Gasteiger partial charge >= 0.3 is 0 Å². The average Bonchev–Trinajstić information content (AvgIpc) is 3.23. The zero-order valence-corrected chi connectivity index (χ0v) is 38.1. The maximum atomic E-state index is 6.14. The molecule has 0 radical (unpaired) electrons. The van der Waals surface area contributed by atoms with Crippen LogP contribution in [0.2, 0.25) is 0 Å². The first-order valence-electron chi connectivity index (χ1n) is 24.5. The topological polar surface area (TPSA) is 18.5 Å². The van der Waals surface area contributed by atoms with E-state index in [1.807, 2.05) is 0 Å². The Bertz CT molecular complexity index is 1330. The number of hydrogen-bond donors (Lipinski definition) is 1. The van der Waals surface area contributed by atoms with Crippen molar-refractivity contribution in [3.05, 3.63) is 66.7 Å². The first-order valence-corrected chi connectivity index (χ1v) is 25.0. The van der Waals surface area contributed by atoms with E-state index in [2.05, 4.69) is 80.6 Å². The lowest BCUT2D eigenvalue weighted by molar-refractivity contribution is 0.304. The zero-order valence-electron chi connectivity index (χ0n) is 37.2. The maximum absolute atomic E-state index is 6.14. The standard InChI is InChI=1S/C54H86O2S/c1-3-5-7-9-11-13-15-17-19-21-23-25-27-29-31-33-46-55-50-42-38-48(39-43-50)52-36-35-37-53(57)54(52)49-40-44-51(45-41-49)56-47-34-32-30-28-26-24-22-20-18-16-14-12-10-8-6-4-2/h35-45,57H,3-34,46-47H2,1-2H3. The van der Waals surface area contributed by atoms with Gasteiger partial charge < -0.3 is 9.47 Å². The predicted molar refractivity (Wildman–Crippen MR) is 255 cm³/mol. The minimum absolute atomic E-state index is 0.792. The average molecular weight is 799 g/mol. The van der Waals surface area contributed by atoms with Crippen LogP contribution in [0.15, 0.2) is 71.6 Å². The summed E-state index contributed by atoms with van der Waals surface area (Å²) in [4.78, 5) is 0.984. The summed E-state index contributed by atoms with van der Waals surface area (Å²) in [6.07, 6.45) is 44.4. The van der Waals surface area contributed by atoms with Crippen LogP contribution in [0, 0.1) is 0 Å². The third kappa shape index (κ3) is 23.7. The molecular formula is C54H86O2S. The summed E-state index contributed by atoms with van der Waals surface area (Å²) in [6.45, 7) is 6.18. The fraction of sp³-hybridized carbons (Fsp3) is 0.667. The Hall–Kier alpha value is -2.39. The number of rotatable bonds is 38. The molecule has 57 heavy (non-hydrogen) atoms. The van der Waals surface area contributed by atoms with Crippen molar-refractivity contribution in [3.63, 3.8) is 0 Å². The number of ether oxygens (including phenoxy) is 2. The van der Waals surface area contributed by atoms with Gasteiger partial charge in [-0.15, -0.1) is 12.6 Å². The minimum Gasteiger partial charge on any atom is -0.494 e. The van der Waals surface area contributed by atoms with Crippen molar-refractivity contribution in [3.8, 4) is 33.8 Å². The fourth-order valence-corrected chi connectivity index (χ4v) is 8.55. The molecule has 3 heteroatoms. The van der Waals surface area contributed by atoms with Crippen LogP contribution in [0.1, 0.15) is 219 Å². The first-order chi connectivity index (χ1) is 28.2. The summed E-state index contributed by atoms with van der Waals surface area (Å²) >= 11 is 4.89. The molecule has 0 N–H and O–H groups in total. The first kappa shape index (κ1) is 49.0. The summed E-state index contributed by atoms with van der Waals surface area (Å²) in [5.41, 5.74) is 4.69. The molecule has 0 bridgehead atoms. The van der Waals surface area contributed by atoms with Crippen LogP contribution >= 0.6 is 12.6 Å². The van der Waals surface area contributed by atoms with E-state index in [-0.39, 0.29) is 0 Å². The second kappa shape index (κ2) is 34.5. The van der Waals surface area contributed by atoms with E-state index < -0.39 is 0 Å². The van der Waals surface area contributed by atoms with E-state index >= 15 is 0 Å². The Morgan fingerprint density at radius 2 is 0.632 bits per heavy atom. The lowest BCUT2D eigenvalue weighted by Crippen LogP contribution is -1.97. The van der Waals surface area contributed by atoms with Crippen molar-refractivity contribution in [1.29, 1.82) is 0 Å². The Morgan fingerprint density at radius 1 is 0.333 bits per heavy atom. The molecule has 0 aliphatic heterocycles. The highest BCUT2D eigenvalue weighted by Crippen LogP contribution is 2.38. The zero-order chi connectivity index (χ0) is 40.3. The summed E-state index contributed by atoms with van der Waals surface area (Å²) in [5.74, 6) is 1.90. The molecule has 0 atom stereocenters. The quantitative estimate of drug-likeness (QED) is 0.0460. The van der Waals surface area contributed by atoms with Crippen molar-refractivity contribution >= 4 is 12.6 Å². The molecule has 0 fully saturated rings. The van der Waals surface area contributed by atoms with Crippen molar-refractivity contribution in [2.45, 2.75) is 224 Å². The van der Waals surface area contributed by atoms with Gasteiger partial charge in [-0.1, -0.05) is 243 Å². The highest BCUT2D eigenvalue weighted by atomic mass is 32.1. The minimum atomic E-state index is 0.792. The molecule has 3 aromatic rings. The second-order valence-corrected chi connectivity index (χ2v) is 17.5. The molecule has 0 aromatic heterocycles.